The van der Waals surface area contributed by atoms with Gasteiger partial charge in [0.2, 0.25) is 11.7 Å². The van der Waals surface area contributed by atoms with Gasteiger partial charge in [0, 0.05) is 11.5 Å². The number of amides is 1. The maximum absolute atomic E-state index is 13.6. The molecule has 6 N–H and O–H groups in total. The third kappa shape index (κ3) is 2.51. The van der Waals surface area contributed by atoms with Crippen molar-refractivity contribution in [2.45, 2.75) is 30.6 Å². The monoisotopic (exact) mass is 444 g/mol. The van der Waals surface area contributed by atoms with E-state index in [2.05, 4.69) is 0 Å². The number of aliphatic hydroxyl groups is 3. The number of aliphatic hydroxyl groups excluding tert-OH is 2. The molecule has 10 heteroatoms. The van der Waals surface area contributed by atoms with Crippen molar-refractivity contribution < 1.29 is 39.6 Å². The van der Waals surface area contributed by atoms with Gasteiger partial charge in [-0.3, -0.25) is 24.1 Å². The maximum Gasteiger partial charge on any atom is 0.235 e. The summed E-state index contributed by atoms with van der Waals surface area (Å²) in [5.74, 6) is -11.2. The lowest BCUT2D eigenvalue weighted by Gasteiger charge is -2.54. The second-order valence-corrected chi connectivity index (χ2v) is 8.94. The molecular formula is C22H24N2O8. The van der Waals surface area contributed by atoms with Crippen molar-refractivity contribution in [3.05, 3.63) is 34.9 Å². The Morgan fingerprint density at radius 2 is 1.78 bits per heavy atom. The molecule has 2 fully saturated rings. The quantitative estimate of drug-likeness (QED) is 0.353. The molecule has 0 bridgehead atoms. The van der Waals surface area contributed by atoms with Crippen molar-refractivity contribution in [2.75, 3.05) is 14.1 Å². The number of hydrogen-bond donors (Lipinski definition) is 5. The molecule has 0 radical (unpaired) electrons. The first kappa shape index (κ1) is 22.1. The minimum atomic E-state index is -2.97. The predicted molar refractivity (Wildman–Crippen MR) is 109 cm³/mol. The minimum Gasteiger partial charge on any atom is -0.507 e. The van der Waals surface area contributed by atoms with Crippen LogP contribution in [0.15, 0.2) is 23.8 Å². The van der Waals surface area contributed by atoms with E-state index in [1.165, 1.54) is 25.1 Å². The fourth-order valence-electron chi connectivity index (χ4n) is 5.72. The number of Topliss-reactive ketones (excluding diaryl/α,β-unsaturated/α-hetero) is 3. The Hall–Kier alpha value is -3.08. The van der Waals surface area contributed by atoms with Gasteiger partial charge in [0.05, 0.1) is 23.6 Å². The number of nitrogens with two attached hydrogens (primary N) is 1. The number of likely N-dealkylation sites (N-methyl/N-ethyl adjacent to an activating group) is 1. The average molecular weight is 444 g/mol. The molecule has 0 saturated heterocycles. The van der Waals surface area contributed by atoms with Crippen LogP contribution in [0.4, 0.5) is 0 Å². The first-order chi connectivity index (χ1) is 14.9. The molecule has 2 saturated carbocycles. The first-order valence-corrected chi connectivity index (χ1v) is 10.1. The molecule has 1 aromatic rings. The summed E-state index contributed by atoms with van der Waals surface area (Å²) in [7, 11) is 2.91. The van der Waals surface area contributed by atoms with E-state index in [1.807, 2.05) is 0 Å². The molecule has 0 heterocycles. The SMILES string of the molecule is C[C@H]1c2cccc(O)c2C(O)=C2C(=O)[C@@]3(O)C(=O)[C@@H](C(N)=O)C(=O)[C@@H](N(C)C)[C@H]3[C@@H](O)[C@H]21. The number of aromatic hydroxyl groups is 1. The molecule has 0 aliphatic heterocycles. The van der Waals surface area contributed by atoms with Crippen LogP contribution in [-0.2, 0) is 19.2 Å². The van der Waals surface area contributed by atoms with Gasteiger partial charge in [-0.15, -0.1) is 0 Å². The average Bonchev–Trinajstić information content (AvgIpc) is 2.70. The number of phenols is 1. The third-order valence-corrected chi connectivity index (χ3v) is 7.13. The van der Waals surface area contributed by atoms with Gasteiger partial charge in [-0.25, -0.2) is 0 Å². The summed E-state index contributed by atoms with van der Waals surface area (Å²) in [5, 5.41) is 44.1. The highest BCUT2D eigenvalue weighted by Crippen LogP contribution is 2.55. The van der Waals surface area contributed by atoms with E-state index in [0.717, 1.165) is 0 Å². The van der Waals surface area contributed by atoms with Crippen LogP contribution in [0.3, 0.4) is 0 Å². The topological polar surface area (TPSA) is 178 Å². The highest BCUT2D eigenvalue weighted by molar-refractivity contribution is 6.32. The fourth-order valence-corrected chi connectivity index (χ4v) is 5.72. The molecular weight excluding hydrogens is 420 g/mol. The number of fused-ring (bicyclic) bond motifs is 3. The Labute approximate surface area is 182 Å². The summed E-state index contributed by atoms with van der Waals surface area (Å²) >= 11 is 0. The van der Waals surface area contributed by atoms with Gasteiger partial charge in [0.25, 0.3) is 0 Å². The maximum atomic E-state index is 13.6. The molecule has 32 heavy (non-hydrogen) atoms. The number of primary amides is 1. The second kappa shape index (κ2) is 6.96. The number of benzene rings is 1. The van der Waals surface area contributed by atoms with Gasteiger partial charge in [-0.2, -0.15) is 0 Å². The van der Waals surface area contributed by atoms with Gasteiger partial charge in [-0.05, 0) is 31.6 Å². The smallest absolute Gasteiger partial charge is 0.235 e. The van der Waals surface area contributed by atoms with Crippen LogP contribution in [0.5, 0.6) is 5.75 Å². The molecule has 4 rings (SSSR count). The van der Waals surface area contributed by atoms with Crippen LogP contribution in [0.2, 0.25) is 0 Å². The van der Waals surface area contributed by atoms with E-state index < -0.39 is 76.0 Å². The number of carbonyl (C=O) groups excluding carboxylic acids is 4. The van der Waals surface area contributed by atoms with Crippen LogP contribution in [-0.4, -0.2) is 80.4 Å². The van der Waals surface area contributed by atoms with Crippen LogP contribution < -0.4 is 5.73 Å². The predicted octanol–water partition coefficient (Wildman–Crippen LogP) is -1.13. The van der Waals surface area contributed by atoms with Gasteiger partial charge in [0.1, 0.15) is 11.5 Å². The normalized spacial score (nSPS) is 36.6. The van der Waals surface area contributed by atoms with E-state index in [4.69, 9.17) is 5.73 Å². The van der Waals surface area contributed by atoms with E-state index in [-0.39, 0.29) is 11.3 Å². The van der Waals surface area contributed by atoms with Crippen molar-refractivity contribution in [2.24, 2.45) is 23.5 Å². The highest BCUT2D eigenvalue weighted by Gasteiger charge is 2.71. The number of hydrogen-bond acceptors (Lipinski definition) is 9. The number of ketones is 3. The lowest BCUT2D eigenvalue weighted by atomic mass is 9.52. The van der Waals surface area contributed by atoms with E-state index in [1.54, 1.807) is 19.1 Å². The summed E-state index contributed by atoms with van der Waals surface area (Å²) in [4.78, 5) is 53.1. The van der Waals surface area contributed by atoms with Crippen molar-refractivity contribution >= 4 is 29.0 Å². The van der Waals surface area contributed by atoms with Crippen molar-refractivity contribution in [3.63, 3.8) is 0 Å². The Bertz CT molecular complexity index is 1110. The largest absolute Gasteiger partial charge is 0.507 e. The Morgan fingerprint density at radius 1 is 1.16 bits per heavy atom. The molecule has 0 aromatic heterocycles. The molecule has 10 nitrogen and oxygen atoms in total. The molecule has 3 aliphatic rings. The van der Waals surface area contributed by atoms with Gasteiger partial charge >= 0.3 is 0 Å². The second-order valence-electron chi connectivity index (χ2n) is 8.94. The molecule has 3 aliphatic carbocycles. The molecule has 0 spiro atoms. The number of phenolic OH excluding ortho intramolecular Hbond substituents is 1. The first-order valence-electron chi connectivity index (χ1n) is 10.1. The summed E-state index contributed by atoms with van der Waals surface area (Å²) in [6, 6.07) is 3.11. The zero-order chi connectivity index (χ0) is 23.9. The summed E-state index contributed by atoms with van der Waals surface area (Å²) < 4.78 is 0. The Morgan fingerprint density at radius 3 is 2.34 bits per heavy atom. The van der Waals surface area contributed by atoms with Crippen LogP contribution >= 0.6 is 0 Å². The summed E-state index contributed by atoms with van der Waals surface area (Å²) in [5.41, 5.74) is 2.28. The number of carbonyl (C=O) groups is 4. The fraction of sp³-hybridized carbons (Fsp3) is 0.455. The zero-order valence-electron chi connectivity index (χ0n) is 17.6. The Balaban J connectivity index is 2.02. The van der Waals surface area contributed by atoms with E-state index >= 15 is 0 Å². The zero-order valence-corrected chi connectivity index (χ0v) is 17.6. The number of nitrogens with zero attached hydrogens (tertiary/aromatic N) is 1. The van der Waals surface area contributed by atoms with E-state index in [9.17, 15) is 39.6 Å². The highest BCUT2D eigenvalue weighted by atomic mass is 16.3. The molecule has 1 aromatic carbocycles. The van der Waals surface area contributed by atoms with Crippen LogP contribution in [0.1, 0.15) is 24.0 Å². The Kier molecular flexibility index (Phi) is 4.81. The standard InChI is InChI=1S/C22H24N2O8/c1-7-8-5-4-6-9(25)11(8)16(26)12-10(7)17(27)14-15(24(2)3)18(28)13(21(23)31)20(30)22(14,32)19(12)29/h4-7,10,13-15,17,25-27,32H,1-3H3,(H2,23,31)/t7-,10-,13-,14-,15-,17-,22+/m0/s1. The van der Waals surface area contributed by atoms with Crippen LogP contribution in [0.25, 0.3) is 5.76 Å². The molecule has 0 unspecified atom stereocenters. The lowest BCUT2D eigenvalue weighted by Crippen LogP contribution is -2.75. The van der Waals surface area contributed by atoms with Crippen molar-refractivity contribution in [1.29, 1.82) is 0 Å². The minimum absolute atomic E-state index is 0.0382. The van der Waals surface area contributed by atoms with Crippen LogP contribution in [0, 0.1) is 17.8 Å². The third-order valence-electron chi connectivity index (χ3n) is 7.13. The molecule has 170 valence electrons. The van der Waals surface area contributed by atoms with Crippen molar-refractivity contribution in [3.8, 4) is 5.75 Å². The number of rotatable bonds is 2. The lowest BCUT2D eigenvalue weighted by molar-refractivity contribution is -0.187. The van der Waals surface area contributed by atoms with Gasteiger partial charge in [0.15, 0.2) is 23.1 Å². The van der Waals surface area contributed by atoms with Gasteiger partial charge in [-0.1, -0.05) is 19.1 Å². The summed E-state index contributed by atoms with van der Waals surface area (Å²) in [6.45, 7) is 1.67. The van der Waals surface area contributed by atoms with Crippen molar-refractivity contribution in [1.82, 2.24) is 4.90 Å². The van der Waals surface area contributed by atoms with E-state index in [0.29, 0.717) is 5.56 Å². The molecule has 7 atom stereocenters. The summed E-state index contributed by atoms with van der Waals surface area (Å²) in [6.07, 6.45) is -1.62. The van der Waals surface area contributed by atoms with Gasteiger partial charge < -0.3 is 26.2 Å². The molecule has 1 amide bonds.